The molecule has 0 aliphatic carbocycles. The zero-order valence-electron chi connectivity index (χ0n) is 14.5. The Morgan fingerprint density at radius 1 is 0.920 bits per heavy atom. The number of piperidine rings is 1. The lowest BCUT2D eigenvalue weighted by molar-refractivity contribution is 0.152. The van der Waals surface area contributed by atoms with Gasteiger partial charge in [-0.25, -0.2) is 8.78 Å². The molecule has 0 aromatic heterocycles. The molecule has 2 aliphatic rings. The summed E-state index contributed by atoms with van der Waals surface area (Å²) >= 11 is 0. The van der Waals surface area contributed by atoms with Crippen molar-refractivity contribution in [2.24, 2.45) is 5.92 Å². The Hall–Kier alpha value is -2.00. The predicted molar refractivity (Wildman–Crippen MR) is 97.2 cm³/mol. The number of allylic oxidation sites excluding steroid dienone is 1. The molecule has 2 unspecified atom stereocenters. The molecule has 2 fully saturated rings. The summed E-state index contributed by atoms with van der Waals surface area (Å²) in [6.45, 7) is 0. The van der Waals surface area contributed by atoms with Crippen molar-refractivity contribution in [3.8, 4) is 0 Å². The molecule has 0 amide bonds. The summed E-state index contributed by atoms with van der Waals surface area (Å²) in [5, 5.41) is 0. The van der Waals surface area contributed by atoms with Gasteiger partial charge in [-0.3, -0.25) is 0 Å². The van der Waals surface area contributed by atoms with Crippen molar-refractivity contribution in [3.63, 3.8) is 0 Å². The Morgan fingerprint density at radius 3 is 1.92 bits per heavy atom. The second-order valence-electron chi connectivity index (χ2n) is 7.38. The first kappa shape index (κ1) is 16.5. The molecule has 25 heavy (non-hydrogen) atoms. The van der Waals surface area contributed by atoms with Gasteiger partial charge in [0.25, 0.3) is 0 Å². The van der Waals surface area contributed by atoms with E-state index in [1.807, 2.05) is 12.1 Å². The van der Waals surface area contributed by atoms with Crippen LogP contribution >= 0.6 is 0 Å². The highest BCUT2D eigenvalue weighted by Crippen LogP contribution is 2.39. The highest BCUT2D eigenvalue weighted by molar-refractivity contribution is 5.80. The molecule has 2 saturated heterocycles. The average molecular weight is 339 g/mol. The molecule has 0 N–H and O–H groups in total. The van der Waals surface area contributed by atoms with Gasteiger partial charge in [-0.05, 0) is 79.6 Å². The quantitative estimate of drug-likeness (QED) is 0.736. The Morgan fingerprint density at radius 2 is 1.44 bits per heavy atom. The Balaban J connectivity index is 1.73. The van der Waals surface area contributed by atoms with Gasteiger partial charge in [0.05, 0.1) is 0 Å². The first-order chi connectivity index (χ1) is 12.1. The van der Waals surface area contributed by atoms with Crippen molar-refractivity contribution in [3.05, 3.63) is 77.4 Å². The monoisotopic (exact) mass is 339 g/mol. The van der Waals surface area contributed by atoms with Crippen molar-refractivity contribution in [1.82, 2.24) is 4.90 Å². The zero-order valence-corrected chi connectivity index (χ0v) is 14.5. The molecule has 2 heterocycles. The third-order valence-corrected chi connectivity index (χ3v) is 5.81. The molecule has 2 aromatic carbocycles. The maximum Gasteiger partial charge on any atom is 0.123 e. The number of halogens is 2. The molecule has 130 valence electrons. The minimum Gasteiger partial charge on any atom is -0.300 e. The van der Waals surface area contributed by atoms with Gasteiger partial charge in [0.2, 0.25) is 0 Å². The van der Waals surface area contributed by atoms with Gasteiger partial charge in [0.15, 0.2) is 0 Å². The van der Waals surface area contributed by atoms with Gasteiger partial charge >= 0.3 is 0 Å². The summed E-state index contributed by atoms with van der Waals surface area (Å²) in [7, 11) is 2.22. The smallest absolute Gasteiger partial charge is 0.123 e. The zero-order chi connectivity index (χ0) is 17.4. The highest BCUT2D eigenvalue weighted by Gasteiger charge is 2.37. The molecular formula is C22H23F2N. The van der Waals surface area contributed by atoms with Crippen molar-refractivity contribution in [2.75, 3.05) is 7.05 Å². The van der Waals surface area contributed by atoms with E-state index in [4.69, 9.17) is 0 Å². The van der Waals surface area contributed by atoms with E-state index in [0.29, 0.717) is 18.0 Å². The number of hydrogen-bond acceptors (Lipinski definition) is 1. The predicted octanol–water partition coefficient (Wildman–Crippen LogP) is 5.27. The summed E-state index contributed by atoms with van der Waals surface area (Å²) in [5.74, 6) is -0.0678. The van der Waals surface area contributed by atoms with Gasteiger partial charge in [-0.1, -0.05) is 30.3 Å². The molecule has 1 nitrogen and oxygen atoms in total. The number of fused-ring (bicyclic) bond motifs is 2. The van der Waals surface area contributed by atoms with E-state index in [1.54, 1.807) is 24.3 Å². The average Bonchev–Trinajstić information content (AvgIpc) is 2.81. The fraction of sp³-hybridized carbons (Fsp3) is 0.364. The molecule has 2 aromatic rings. The van der Waals surface area contributed by atoms with Crippen LogP contribution in [0.5, 0.6) is 0 Å². The first-order valence-corrected chi connectivity index (χ1v) is 9.06. The Bertz CT molecular complexity index is 737. The maximum absolute atomic E-state index is 13.8. The van der Waals surface area contributed by atoms with E-state index in [0.717, 1.165) is 29.5 Å². The maximum atomic E-state index is 13.8. The van der Waals surface area contributed by atoms with Crippen molar-refractivity contribution in [1.29, 1.82) is 0 Å². The molecule has 0 spiro atoms. The van der Waals surface area contributed by atoms with Gasteiger partial charge in [-0.15, -0.1) is 0 Å². The molecule has 0 saturated carbocycles. The third-order valence-electron chi connectivity index (χ3n) is 5.81. The van der Waals surface area contributed by atoms with Crippen molar-refractivity contribution >= 4 is 5.57 Å². The molecular weight excluding hydrogens is 316 g/mol. The van der Waals surface area contributed by atoms with Crippen LogP contribution in [0.4, 0.5) is 8.78 Å². The summed E-state index contributed by atoms with van der Waals surface area (Å²) in [4.78, 5) is 2.51. The van der Waals surface area contributed by atoms with E-state index >= 15 is 0 Å². The Labute approximate surface area is 148 Å². The van der Waals surface area contributed by atoms with Crippen LogP contribution in [0.2, 0.25) is 0 Å². The van der Waals surface area contributed by atoms with Gasteiger partial charge in [-0.2, -0.15) is 0 Å². The van der Waals surface area contributed by atoms with Gasteiger partial charge in [0.1, 0.15) is 11.6 Å². The fourth-order valence-corrected chi connectivity index (χ4v) is 4.50. The van der Waals surface area contributed by atoms with E-state index in [-0.39, 0.29) is 11.6 Å². The second kappa shape index (κ2) is 6.72. The number of hydrogen-bond donors (Lipinski definition) is 0. The first-order valence-electron chi connectivity index (χ1n) is 9.06. The SMILES string of the molecule is CN1C2CCC1CC(C=C(c1cccc(F)c1)c1cccc(F)c1)C2. The fourth-order valence-electron chi connectivity index (χ4n) is 4.50. The van der Waals surface area contributed by atoms with E-state index in [1.165, 1.54) is 25.0 Å². The Kier molecular flexibility index (Phi) is 4.43. The van der Waals surface area contributed by atoms with Crippen LogP contribution in [-0.4, -0.2) is 24.0 Å². The minimum atomic E-state index is -0.261. The van der Waals surface area contributed by atoms with Crippen LogP contribution in [0.15, 0.2) is 54.6 Å². The minimum absolute atomic E-state index is 0.261. The lowest BCUT2D eigenvalue weighted by atomic mass is 9.86. The van der Waals surface area contributed by atoms with E-state index in [9.17, 15) is 8.78 Å². The summed E-state index contributed by atoms with van der Waals surface area (Å²) in [5.41, 5.74) is 2.57. The van der Waals surface area contributed by atoms with Gasteiger partial charge < -0.3 is 4.90 Å². The van der Waals surface area contributed by atoms with Gasteiger partial charge in [0, 0.05) is 12.1 Å². The van der Waals surface area contributed by atoms with E-state index < -0.39 is 0 Å². The molecule has 4 rings (SSSR count). The summed E-state index contributed by atoms with van der Waals surface area (Å²) in [6.07, 6.45) is 7.03. The van der Waals surface area contributed by atoms with Crippen LogP contribution in [0.3, 0.4) is 0 Å². The van der Waals surface area contributed by atoms with Crippen LogP contribution in [-0.2, 0) is 0 Å². The number of nitrogens with zero attached hydrogens (tertiary/aromatic N) is 1. The number of rotatable bonds is 3. The molecule has 0 radical (unpaired) electrons. The van der Waals surface area contributed by atoms with Crippen LogP contribution in [0.1, 0.15) is 36.8 Å². The van der Waals surface area contributed by atoms with Crippen molar-refractivity contribution < 1.29 is 8.78 Å². The van der Waals surface area contributed by atoms with Crippen LogP contribution in [0.25, 0.3) is 5.57 Å². The molecule has 3 heteroatoms. The highest BCUT2D eigenvalue weighted by atomic mass is 19.1. The summed E-state index contributed by atoms with van der Waals surface area (Å²) in [6, 6.07) is 14.5. The molecule has 2 bridgehead atoms. The lowest BCUT2D eigenvalue weighted by Gasteiger charge is -2.35. The van der Waals surface area contributed by atoms with Crippen LogP contribution < -0.4 is 0 Å². The standard InChI is InChI=1S/C22H23F2N/c1-25-20-8-9-21(25)11-15(10-20)12-22(16-4-2-6-18(23)13-16)17-5-3-7-19(24)14-17/h2-7,12-15,20-21H,8-11H2,1H3. The summed E-state index contributed by atoms with van der Waals surface area (Å²) < 4.78 is 27.6. The topological polar surface area (TPSA) is 3.24 Å². The normalized spacial score (nSPS) is 25.8. The molecule has 2 atom stereocenters. The van der Waals surface area contributed by atoms with Crippen molar-refractivity contribution in [2.45, 2.75) is 37.8 Å². The van der Waals surface area contributed by atoms with Crippen LogP contribution in [0, 0.1) is 17.6 Å². The second-order valence-corrected chi connectivity index (χ2v) is 7.38. The third kappa shape index (κ3) is 3.38. The lowest BCUT2D eigenvalue weighted by Crippen LogP contribution is -2.39. The molecule has 2 aliphatic heterocycles. The van der Waals surface area contributed by atoms with E-state index in [2.05, 4.69) is 18.0 Å². The largest absolute Gasteiger partial charge is 0.300 e. The number of benzene rings is 2.